The van der Waals surface area contributed by atoms with Crippen molar-refractivity contribution >= 4 is 31.5 Å². The van der Waals surface area contributed by atoms with E-state index >= 15 is 0 Å². The highest BCUT2D eigenvalue weighted by atomic mass is 79.9. The van der Waals surface area contributed by atoms with Gasteiger partial charge in [-0.05, 0) is 47.0 Å². The third-order valence-corrected chi connectivity index (χ3v) is 5.70. The van der Waals surface area contributed by atoms with Crippen LogP contribution in [-0.2, 0) is 9.84 Å². The lowest BCUT2D eigenvalue weighted by atomic mass is 10.1. The molecule has 2 rings (SSSR count). The predicted octanol–water partition coefficient (Wildman–Crippen LogP) is 2.13. The minimum atomic E-state index is -2.89. The summed E-state index contributed by atoms with van der Waals surface area (Å²) >= 11 is 3.50. The number of benzene rings is 1. The van der Waals surface area contributed by atoms with Crippen LogP contribution in [0, 0.1) is 0 Å². The second kappa shape index (κ2) is 5.81. The average molecular weight is 348 g/mol. The van der Waals surface area contributed by atoms with Gasteiger partial charge in [-0.3, -0.25) is 0 Å². The molecule has 19 heavy (non-hydrogen) atoms. The van der Waals surface area contributed by atoms with Gasteiger partial charge in [0.1, 0.15) is 0 Å². The molecule has 0 aliphatic carbocycles. The Labute approximate surface area is 122 Å². The molecule has 0 amide bonds. The largest absolute Gasteiger partial charge is 0.389 e. The monoisotopic (exact) mass is 347 g/mol. The first kappa shape index (κ1) is 14.8. The van der Waals surface area contributed by atoms with Gasteiger partial charge in [0, 0.05) is 17.6 Å². The molecule has 0 aromatic heterocycles. The molecule has 0 radical (unpaired) electrons. The van der Waals surface area contributed by atoms with Crippen LogP contribution in [0.15, 0.2) is 22.7 Å². The van der Waals surface area contributed by atoms with Crippen LogP contribution in [0.2, 0.25) is 0 Å². The lowest BCUT2D eigenvalue weighted by Crippen LogP contribution is -2.27. The molecule has 1 aliphatic heterocycles. The lowest BCUT2D eigenvalue weighted by molar-refractivity contribution is 0.199. The molecule has 0 spiro atoms. The third-order valence-electron chi connectivity index (χ3n) is 3.35. The van der Waals surface area contributed by atoms with Gasteiger partial charge in [0.15, 0.2) is 9.84 Å². The Hall–Kier alpha value is -0.590. The average Bonchev–Trinajstić information content (AvgIpc) is 2.50. The van der Waals surface area contributed by atoms with Gasteiger partial charge < -0.3 is 10.0 Å². The summed E-state index contributed by atoms with van der Waals surface area (Å²) < 4.78 is 24.1. The second-order valence-electron chi connectivity index (χ2n) is 4.88. The molecule has 0 saturated carbocycles. The first-order valence-electron chi connectivity index (χ1n) is 6.32. The van der Waals surface area contributed by atoms with Crippen molar-refractivity contribution in [3.05, 3.63) is 28.2 Å². The van der Waals surface area contributed by atoms with E-state index in [-0.39, 0.29) is 11.5 Å². The fourth-order valence-corrected chi connectivity index (χ4v) is 4.14. The van der Waals surface area contributed by atoms with Crippen molar-refractivity contribution in [1.29, 1.82) is 0 Å². The van der Waals surface area contributed by atoms with Gasteiger partial charge in [-0.2, -0.15) is 0 Å². The summed E-state index contributed by atoms with van der Waals surface area (Å²) in [7, 11) is -2.89. The topological polar surface area (TPSA) is 57.6 Å². The van der Waals surface area contributed by atoms with Gasteiger partial charge in [0.05, 0.1) is 23.3 Å². The van der Waals surface area contributed by atoms with Crippen LogP contribution in [0.4, 0.5) is 5.69 Å². The number of aliphatic hydroxyl groups excluding tert-OH is 1. The first-order chi connectivity index (χ1) is 8.89. The third kappa shape index (κ3) is 3.70. The van der Waals surface area contributed by atoms with Crippen molar-refractivity contribution < 1.29 is 13.5 Å². The molecule has 0 bridgehead atoms. The fraction of sp³-hybridized carbons (Fsp3) is 0.538. The molecule has 0 unspecified atom stereocenters. The molecule has 1 saturated heterocycles. The van der Waals surface area contributed by atoms with Crippen LogP contribution in [0.25, 0.3) is 0 Å². The first-order valence-corrected chi connectivity index (χ1v) is 8.93. The van der Waals surface area contributed by atoms with E-state index in [4.69, 9.17) is 0 Å². The van der Waals surface area contributed by atoms with Gasteiger partial charge in [0.25, 0.3) is 0 Å². The summed E-state index contributed by atoms with van der Waals surface area (Å²) in [5.41, 5.74) is 1.83. The number of sulfone groups is 1. The summed E-state index contributed by atoms with van der Waals surface area (Å²) in [6.07, 6.45) is 0.155. The van der Waals surface area contributed by atoms with E-state index < -0.39 is 15.9 Å². The molecule has 1 N–H and O–H groups in total. The van der Waals surface area contributed by atoms with Gasteiger partial charge in [-0.1, -0.05) is 6.07 Å². The number of aliphatic hydroxyl groups is 1. The zero-order valence-corrected chi connectivity index (χ0v) is 13.2. The Morgan fingerprint density at radius 1 is 1.32 bits per heavy atom. The lowest BCUT2D eigenvalue weighted by Gasteiger charge is -2.24. The summed E-state index contributed by atoms with van der Waals surface area (Å²) in [5, 5.41) is 9.55. The number of rotatable bonds is 2. The van der Waals surface area contributed by atoms with Gasteiger partial charge in [0.2, 0.25) is 0 Å². The van der Waals surface area contributed by atoms with Gasteiger partial charge in [-0.15, -0.1) is 0 Å². The molecule has 1 heterocycles. The molecule has 1 aromatic carbocycles. The maximum absolute atomic E-state index is 11.6. The summed E-state index contributed by atoms with van der Waals surface area (Å²) in [6, 6.07) is 5.70. The molecule has 4 nitrogen and oxygen atoms in total. The maximum atomic E-state index is 11.6. The SMILES string of the molecule is C[C@@H](O)c1ccc(N2CCCS(=O)(=O)CC2)c(Br)c1. The Morgan fingerprint density at radius 3 is 2.68 bits per heavy atom. The Morgan fingerprint density at radius 2 is 2.05 bits per heavy atom. The van der Waals surface area contributed by atoms with E-state index in [1.807, 2.05) is 18.2 Å². The molecular weight excluding hydrogens is 330 g/mol. The summed E-state index contributed by atoms with van der Waals surface area (Å²) in [6.45, 7) is 2.99. The van der Waals surface area contributed by atoms with E-state index in [2.05, 4.69) is 20.8 Å². The van der Waals surface area contributed by atoms with Crippen molar-refractivity contribution in [2.45, 2.75) is 19.4 Å². The van der Waals surface area contributed by atoms with Crippen molar-refractivity contribution in [2.24, 2.45) is 0 Å². The highest BCUT2D eigenvalue weighted by molar-refractivity contribution is 9.10. The zero-order chi connectivity index (χ0) is 14.0. The molecular formula is C13H18BrNO3S. The normalized spacial score (nSPS) is 20.9. The summed E-state index contributed by atoms with van der Waals surface area (Å²) in [5.74, 6) is 0.477. The van der Waals surface area contributed by atoms with E-state index in [9.17, 15) is 13.5 Å². The minimum Gasteiger partial charge on any atom is -0.389 e. The molecule has 1 fully saturated rings. The highest BCUT2D eigenvalue weighted by Crippen LogP contribution is 2.30. The van der Waals surface area contributed by atoms with Crippen LogP contribution in [0.3, 0.4) is 0 Å². The molecule has 6 heteroatoms. The number of halogens is 1. The number of hydrogen-bond acceptors (Lipinski definition) is 4. The molecule has 1 aromatic rings. The van der Waals surface area contributed by atoms with E-state index in [0.29, 0.717) is 13.0 Å². The Balaban J connectivity index is 2.22. The van der Waals surface area contributed by atoms with E-state index in [0.717, 1.165) is 22.3 Å². The van der Waals surface area contributed by atoms with Crippen LogP contribution < -0.4 is 4.90 Å². The molecule has 1 atom stereocenters. The quantitative estimate of drug-likeness (QED) is 0.890. The van der Waals surface area contributed by atoms with Crippen molar-refractivity contribution in [1.82, 2.24) is 0 Å². The van der Waals surface area contributed by atoms with Gasteiger partial charge in [-0.25, -0.2) is 8.42 Å². The highest BCUT2D eigenvalue weighted by Gasteiger charge is 2.20. The minimum absolute atomic E-state index is 0.206. The molecule has 106 valence electrons. The summed E-state index contributed by atoms with van der Waals surface area (Å²) in [4.78, 5) is 2.08. The number of hydrogen-bond donors (Lipinski definition) is 1. The standard InChI is InChI=1S/C13H18BrNO3S/c1-10(16)11-3-4-13(12(14)9-11)15-5-2-7-19(17,18)8-6-15/h3-4,9-10,16H,2,5-8H2,1H3/t10-/m1/s1. The van der Waals surface area contributed by atoms with Crippen molar-refractivity contribution in [3.8, 4) is 0 Å². The van der Waals surface area contributed by atoms with E-state index in [1.54, 1.807) is 6.92 Å². The smallest absolute Gasteiger partial charge is 0.152 e. The van der Waals surface area contributed by atoms with Crippen molar-refractivity contribution in [3.63, 3.8) is 0 Å². The van der Waals surface area contributed by atoms with Gasteiger partial charge >= 0.3 is 0 Å². The molecule has 1 aliphatic rings. The van der Waals surface area contributed by atoms with Crippen LogP contribution in [-0.4, -0.2) is 38.1 Å². The Kier molecular flexibility index (Phi) is 4.53. The maximum Gasteiger partial charge on any atom is 0.152 e. The second-order valence-corrected chi connectivity index (χ2v) is 8.04. The number of anilines is 1. The fourth-order valence-electron chi connectivity index (χ4n) is 2.22. The van der Waals surface area contributed by atoms with Crippen molar-refractivity contribution in [2.75, 3.05) is 29.5 Å². The van der Waals surface area contributed by atoms with Crippen LogP contribution in [0.1, 0.15) is 25.0 Å². The zero-order valence-electron chi connectivity index (χ0n) is 10.8. The predicted molar refractivity (Wildman–Crippen MR) is 80.3 cm³/mol. The van der Waals surface area contributed by atoms with Crippen LogP contribution >= 0.6 is 15.9 Å². The van der Waals surface area contributed by atoms with Crippen LogP contribution in [0.5, 0.6) is 0 Å². The number of nitrogens with zero attached hydrogens (tertiary/aromatic N) is 1. The van der Waals surface area contributed by atoms with E-state index in [1.165, 1.54) is 0 Å². The Bertz CT molecular complexity index is 557.